The van der Waals surface area contributed by atoms with Crippen molar-refractivity contribution in [3.63, 3.8) is 0 Å². The zero-order valence-electron chi connectivity index (χ0n) is 17.0. The molecule has 1 aliphatic heterocycles. The van der Waals surface area contributed by atoms with E-state index in [-0.39, 0.29) is 11.8 Å². The maximum absolute atomic E-state index is 12.7. The SMILES string of the molecule is CCCN(C)C(=O)C1CCCN(c2cnc3nc(CC)c(CC)nc3c2)C1. The minimum Gasteiger partial charge on any atom is -0.369 e. The molecule has 3 rings (SSSR count). The Balaban J connectivity index is 1.82. The zero-order chi connectivity index (χ0) is 19.4. The smallest absolute Gasteiger partial charge is 0.227 e. The fourth-order valence-electron chi connectivity index (χ4n) is 3.92. The van der Waals surface area contributed by atoms with E-state index in [4.69, 9.17) is 4.98 Å². The van der Waals surface area contributed by atoms with Crippen LogP contribution in [0.5, 0.6) is 0 Å². The van der Waals surface area contributed by atoms with Gasteiger partial charge in [0, 0.05) is 26.7 Å². The van der Waals surface area contributed by atoms with Gasteiger partial charge in [0.25, 0.3) is 0 Å². The molecule has 1 atom stereocenters. The van der Waals surface area contributed by atoms with Crippen molar-refractivity contribution in [1.82, 2.24) is 19.9 Å². The second kappa shape index (κ2) is 8.63. The first-order valence-electron chi connectivity index (χ1n) is 10.2. The van der Waals surface area contributed by atoms with Crippen LogP contribution >= 0.6 is 0 Å². The van der Waals surface area contributed by atoms with Crippen LogP contribution in [0.3, 0.4) is 0 Å². The number of carbonyl (C=O) groups excluding carboxylic acids is 1. The number of aryl methyl sites for hydroxylation is 2. The third kappa shape index (κ3) is 4.20. The van der Waals surface area contributed by atoms with Gasteiger partial charge in [-0.3, -0.25) is 4.79 Å². The molecule has 0 aromatic carbocycles. The summed E-state index contributed by atoms with van der Waals surface area (Å²) in [5.74, 6) is 0.321. The third-order valence-corrected chi connectivity index (χ3v) is 5.40. The molecule has 3 heterocycles. The number of anilines is 1. The van der Waals surface area contributed by atoms with Crippen LogP contribution in [-0.2, 0) is 17.6 Å². The Bertz CT molecular complexity index is 807. The molecule has 1 aliphatic rings. The summed E-state index contributed by atoms with van der Waals surface area (Å²) in [6, 6.07) is 2.08. The molecule has 0 radical (unpaired) electrons. The van der Waals surface area contributed by atoms with Gasteiger partial charge in [0.1, 0.15) is 5.52 Å². The van der Waals surface area contributed by atoms with Crippen LogP contribution in [-0.4, -0.2) is 52.4 Å². The lowest BCUT2D eigenvalue weighted by Crippen LogP contribution is -2.44. The average molecular weight is 370 g/mol. The van der Waals surface area contributed by atoms with Crippen molar-refractivity contribution in [1.29, 1.82) is 0 Å². The summed E-state index contributed by atoms with van der Waals surface area (Å²) in [7, 11) is 1.91. The Morgan fingerprint density at radius 3 is 2.67 bits per heavy atom. The van der Waals surface area contributed by atoms with E-state index < -0.39 is 0 Å². The van der Waals surface area contributed by atoms with Crippen LogP contribution in [0.4, 0.5) is 5.69 Å². The number of nitrogens with zero attached hydrogens (tertiary/aromatic N) is 5. The van der Waals surface area contributed by atoms with Gasteiger partial charge in [0.2, 0.25) is 5.91 Å². The van der Waals surface area contributed by atoms with Crippen molar-refractivity contribution in [2.45, 2.75) is 52.9 Å². The molecule has 0 spiro atoms. The maximum Gasteiger partial charge on any atom is 0.227 e. The van der Waals surface area contributed by atoms with Crippen LogP contribution in [0.25, 0.3) is 11.2 Å². The Hall–Kier alpha value is -2.24. The van der Waals surface area contributed by atoms with Crippen molar-refractivity contribution in [2.24, 2.45) is 5.92 Å². The average Bonchev–Trinajstić information content (AvgIpc) is 2.71. The number of amides is 1. The first-order valence-corrected chi connectivity index (χ1v) is 10.2. The standard InChI is InChI=1S/C21H31N5O/c1-5-10-25(4)21(27)15-9-8-11-26(14-15)16-12-19-20(22-13-16)24-18(7-3)17(6-2)23-19/h12-13,15H,5-11,14H2,1-4H3. The molecule has 146 valence electrons. The number of hydrogen-bond acceptors (Lipinski definition) is 5. The molecule has 0 N–H and O–H groups in total. The molecule has 0 saturated carbocycles. The van der Waals surface area contributed by atoms with E-state index in [0.717, 1.165) is 74.3 Å². The Morgan fingerprint density at radius 2 is 1.96 bits per heavy atom. The largest absolute Gasteiger partial charge is 0.369 e. The van der Waals surface area contributed by atoms with E-state index in [9.17, 15) is 4.79 Å². The number of piperidine rings is 1. The van der Waals surface area contributed by atoms with Crippen molar-refractivity contribution >= 4 is 22.8 Å². The van der Waals surface area contributed by atoms with Gasteiger partial charge < -0.3 is 9.80 Å². The summed E-state index contributed by atoms with van der Waals surface area (Å²) < 4.78 is 0. The number of hydrogen-bond donors (Lipinski definition) is 0. The lowest BCUT2D eigenvalue weighted by Gasteiger charge is -2.35. The Labute approximate surface area is 162 Å². The fourth-order valence-corrected chi connectivity index (χ4v) is 3.92. The highest BCUT2D eigenvalue weighted by atomic mass is 16.2. The summed E-state index contributed by atoms with van der Waals surface area (Å²) in [6.07, 6.45) is 6.60. The molecule has 1 amide bonds. The van der Waals surface area contributed by atoms with Gasteiger partial charge in [-0.1, -0.05) is 20.8 Å². The summed E-state index contributed by atoms with van der Waals surface area (Å²) in [4.78, 5) is 30.9. The molecule has 6 nitrogen and oxygen atoms in total. The second-order valence-corrected chi connectivity index (χ2v) is 7.41. The predicted octanol–water partition coefficient (Wildman–Crippen LogP) is 3.23. The van der Waals surface area contributed by atoms with Gasteiger partial charge in [-0.15, -0.1) is 0 Å². The van der Waals surface area contributed by atoms with E-state index in [1.54, 1.807) is 0 Å². The van der Waals surface area contributed by atoms with Crippen LogP contribution in [0.2, 0.25) is 0 Å². The molecule has 2 aromatic heterocycles. The van der Waals surface area contributed by atoms with Crippen molar-refractivity contribution in [3.8, 4) is 0 Å². The van der Waals surface area contributed by atoms with Crippen molar-refractivity contribution in [3.05, 3.63) is 23.7 Å². The number of aromatic nitrogens is 3. The lowest BCUT2D eigenvalue weighted by atomic mass is 9.96. The first kappa shape index (κ1) is 19.5. The van der Waals surface area contributed by atoms with Gasteiger partial charge >= 0.3 is 0 Å². The van der Waals surface area contributed by atoms with Gasteiger partial charge in [0.15, 0.2) is 5.65 Å². The van der Waals surface area contributed by atoms with Gasteiger partial charge in [-0.05, 0) is 38.2 Å². The number of pyridine rings is 1. The summed E-state index contributed by atoms with van der Waals surface area (Å²) >= 11 is 0. The monoisotopic (exact) mass is 369 g/mol. The van der Waals surface area contributed by atoms with Gasteiger partial charge in [-0.25, -0.2) is 15.0 Å². The molecular formula is C21H31N5O. The Morgan fingerprint density at radius 1 is 1.22 bits per heavy atom. The van der Waals surface area contributed by atoms with Crippen LogP contribution < -0.4 is 4.90 Å². The number of carbonyl (C=O) groups is 1. The normalized spacial score (nSPS) is 17.3. The minimum absolute atomic E-state index is 0.0609. The summed E-state index contributed by atoms with van der Waals surface area (Å²) in [5.41, 5.74) is 4.68. The topological polar surface area (TPSA) is 62.2 Å². The van der Waals surface area contributed by atoms with E-state index in [0.29, 0.717) is 5.65 Å². The van der Waals surface area contributed by atoms with E-state index >= 15 is 0 Å². The molecule has 1 fully saturated rings. The van der Waals surface area contributed by atoms with E-state index in [1.807, 2.05) is 18.1 Å². The number of fused-ring (bicyclic) bond motifs is 1. The molecule has 0 aliphatic carbocycles. The molecule has 27 heavy (non-hydrogen) atoms. The van der Waals surface area contributed by atoms with Crippen LogP contribution in [0.1, 0.15) is 51.4 Å². The van der Waals surface area contributed by atoms with Crippen molar-refractivity contribution < 1.29 is 4.79 Å². The quantitative estimate of drug-likeness (QED) is 0.782. The highest BCUT2D eigenvalue weighted by Crippen LogP contribution is 2.26. The minimum atomic E-state index is 0.0609. The second-order valence-electron chi connectivity index (χ2n) is 7.41. The summed E-state index contributed by atoms with van der Waals surface area (Å²) in [6.45, 7) is 8.84. The van der Waals surface area contributed by atoms with Crippen LogP contribution in [0.15, 0.2) is 12.3 Å². The maximum atomic E-state index is 12.7. The molecular weight excluding hydrogens is 338 g/mol. The summed E-state index contributed by atoms with van der Waals surface area (Å²) in [5, 5.41) is 0. The van der Waals surface area contributed by atoms with E-state index in [2.05, 4.69) is 41.7 Å². The molecule has 6 heteroatoms. The lowest BCUT2D eigenvalue weighted by molar-refractivity contribution is -0.134. The highest BCUT2D eigenvalue weighted by Gasteiger charge is 2.28. The van der Waals surface area contributed by atoms with Gasteiger partial charge in [-0.2, -0.15) is 0 Å². The molecule has 0 bridgehead atoms. The van der Waals surface area contributed by atoms with E-state index in [1.165, 1.54) is 0 Å². The molecule has 1 saturated heterocycles. The molecule has 2 aromatic rings. The highest BCUT2D eigenvalue weighted by molar-refractivity contribution is 5.80. The van der Waals surface area contributed by atoms with Crippen LogP contribution in [0, 0.1) is 5.92 Å². The predicted molar refractivity (Wildman–Crippen MR) is 109 cm³/mol. The fraction of sp³-hybridized carbons (Fsp3) is 0.619. The number of rotatable bonds is 6. The molecule has 1 unspecified atom stereocenters. The first-order chi connectivity index (χ1) is 13.1. The third-order valence-electron chi connectivity index (χ3n) is 5.40. The Kier molecular flexibility index (Phi) is 6.24. The zero-order valence-corrected chi connectivity index (χ0v) is 17.0. The van der Waals surface area contributed by atoms with Crippen molar-refractivity contribution in [2.75, 3.05) is 31.6 Å². The van der Waals surface area contributed by atoms with Gasteiger partial charge in [0.05, 0.1) is 29.2 Å².